The molecule has 0 fully saturated rings. The van der Waals surface area contributed by atoms with Gasteiger partial charge >= 0.3 is 0 Å². The van der Waals surface area contributed by atoms with Crippen molar-refractivity contribution in [2.75, 3.05) is 5.32 Å². The minimum absolute atomic E-state index is 0.888. The van der Waals surface area contributed by atoms with Crippen molar-refractivity contribution >= 4 is 27.4 Å². The number of benzene rings is 1. The van der Waals surface area contributed by atoms with Gasteiger partial charge in [0.1, 0.15) is 5.82 Å². The maximum absolute atomic E-state index is 4.38. The summed E-state index contributed by atoms with van der Waals surface area (Å²) in [5.41, 5.74) is 3.66. The van der Waals surface area contributed by atoms with Crippen molar-refractivity contribution in [3.05, 3.63) is 52.1 Å². The number of hydrogen-bond acceptors (Lipinski definition) is 2. The van der Waals surface area contributed by atoms with Crippen LogP contribution in [0.15, 0.2) is 41.0 Å². The second kappa shape index (κ2) is 6.01. The molecule has 0 aliphatic carbocycles. The van der Waals surface area contributed by atoms with Crippen LogP contribution in [0, 0.1) is 6.92 Å². The summed E-state index contributed by atoms with van der Waals surface area (Å²) in [6.45, 7) is 4.26. The lowest BCUT2D eigenvalue weighted by atomic mass is 10.1. The van der Waals surface area contributed by atoms with Crippen molar-refractivity contribution in [1.29, 1.82) is 0 Å². The van der Waals surface area contributed by atoms with Crippen LogP contribution in [0.2, 0.25) is 0 Å². The Morgan fingerprint density at radius 2 is 2.06 bits per heavy atom. The zero-order valence-electron chi connectivity index (χ0n) is 10.7. The number of nitrogens with zero attached hydrogens (tertiary/aromatic N) is 1. The summed E-state index contributed by atoms with van der Waals surface area (Å²) < 4.78 is 1.04. The van der Waals surface area contributed by atoms with Crippen molar-refractivity contribution in [3.8, 4) is 0 Å². The molecule has 2 nitrogen and oxygen atoms in total. The average Bonchev–Trinajstić information content (AvgIpc) is 2.37. The number of aromatic nitrogens is 1. The molecule has 0 aliphatic heterocycles. The normalized spacial score (nSPS) is 10.4. The maximum atomic E-state index is 4.38. The number of nitrogens with one attached hydrogen (secondary N) is 1. The van der Waals surface area contributed by atoms with Gasteiger partial charge in [0.15, 0.2) is 0 Å². The summed E-state index contributed by atoms with van der Waals surface area (Å²) in [6.07, 6.45) is 4.06. The fraction of sp³-hybridized carbons (Fsp3) is 0.267. The molecule has 0 atom stereocenters. The van der Waals surface area contributed by atoms with Crippen molar-refractivity contribution in [1.82, 2.24) is 4.98 Å². The third kappa shape index (κ3) is 3.10. The van der Waals surface area contributed by atoms with Crippen LogP contribution in [0.4, 0.5) is 11.5 Å². The van der Waals surface area contributed by atoms with Gasteiger partial charge < -0.3 is 5.32 Å². The monoisotopic (exact) mass is 304 g/mol. The van der Waals surface area contributed by atoms with E-state index >= 15 is 0 Å². The minimum Gasteiger partial charge on any atom is -0.340 e. The number of hydrogen-bond donors (Lipinski definition) is 1. The second-order valence-corrected chi connectivity index (χ2v) is 5.21. The quantitative estimate of drug-likeness (QED) is 0.873. The number of halogens is 1. The van der Waals surface area contributed by atoms with Gasteiger partial charge in [-0.2, -0.15) is 0 Å². The van der Waals surface area contributed by atoms with E-state index in [0.29, 0.717) is 0 Å². The lowest BCUT2D eigenvalue weighted by Gasteiger charge is -2.11. The molecular formula is C15H17BrN2. The summed E-state index contributed by atoms with van der Waals surface area (Å²) in [5, 5.41) is 3.39. The van der Waals surface area contributed by atoms with Crippen molar-refractivity contribution in [2.45, 2.75) is 26.7 Å². The standard InChI is InChI=1S/C15H17BrN2/c1-3-6-12-7-4-5-8-14(12)18-15-9-11(2)13(16)10-17-15/h4-5,7-10H,3,6H2,1-2H3,(H,17,18). The predicted octanol–water partition coefficient (Wildman–Crippen LogP) is 4.85. The molecule has 0 saturated heterocycles. The van der Waals surface area contributed by atoms with Crippen molar-refractivity contribution < 1.29 is 0 Å². The Morgan fingerprint density at radius 1 is 1.28 bits per heavy atom. The molecule has 0 aliphatic rings. The van der Waals surface area contributed by atoms with Crippen LogP contribution in [0.1, 0.15) is 24.5 Å². The summed E-state index contributed by atoms with van der Waals surface area (Å²) >= 11 is 3.46. The van der Waals surface area contributed by atoms with E-state index in [4.69, 9.17) is 0 Å². The van der Waals surface area contributed by atoms with Crippen LogP contribution in [-0.4, -0.2) is 4.98 Å². The van der Waals surface area contributed by atoms with E-state index in [1.54, 1.807) is 0 Å². The van der Waals surface area contributed by atoms with E-state index in [-0.39, 0.29) is 0 Å². The van der Waals surface area contributed by atoms with E-state index in [1.807, 2.05) is 18.3 Å². The largest absolute Gasteiger partial charge is 0.340 e. The molecule has 1 heterocycles. The highest BCUT2D eigenvalue weighted by Gasteiger charge is 2.03. The van der Waals surface area contributed by atoms with Gasteiger partial charge in [0, 0.05) is 16.4 Å². The zero-order chi connectivity index (χ0) is 13.0. The van der Waals surface area contributed by atoms with E-state index in [0.717, 1.165) is 28.8 Å². The second-order valence-electron chi connectivity index (χ2n) is 4.35. The molecule has 1 aromatic carbocycles. The predicted molar refractivity (Wildman–Crippen MR) is 80.4 cm³/mol. The first-order chi connectivity index (χ1) is 8.70. The van der Waals surface area contributed by atoms with Gasteiger partial charge in [-0.15, -0.1) is 0 Å². The van der Waals surface area contributed by atoms with E-state index in [2.05, 4.69) is 58.3 Å². The van der Waals surface area contributed by atoms with Gasteiger partial charge in [-0.05, 0) is 52.5 Å². The Bertz CT molecular complexity index is 538. The summed E-state index contributed by atoms with van der Waals surface area (Å²) in [4.78, 5) is 4.38. The van der Waals surface area contributed by atoms with Gasteiger partial charge in [0.2, 0.25) is 0 Å². The lowest BCUT2D eigenvalue weighted by molar-refractivity contribution is 0.923. The average molecular weight is 305 g/mol. The molecule has 0 bridgehead atoms. The van der Waals surface area contributed by atoms with Gasteiger partial charge in [0.25, 0.3) is 0 Å². The lowest BCUT2D eigenvalue weighted by Crippen LogP contribution is -1.98. The van der Waals surface area contributed by atoms with Crippen LogP contribution in [-0.2, 0) is 6.42 Å². The van der Waals surface area contributed by atoms with Gasteiger partial charge in [-0.3, -0.25) is 0 Å². The molecule has 3 heteroatoms. The summed E-state index contributed by atoms with van der Waals surface area (Å²) in [7, 11) is 0. The zero-order valence-corrected chi connectivity index (χ0v) is 12.3. The van der Waals surface area contributed by atoms with Crippen LogP contribution >= 0.6 is 15.9 Å². The number of pyridine rings is 1. The first-order valence-electron chi connectivity index (χ1n) is 6.17. The highest BCUT2D eigenvalue weighted by molar-refractivity contribution is 9.10. The van der Waals surface area contributed by atoms with Gasteiger partial charge in [0.05, 0.1) is 0 Å². The minimum atomic E-state index is 0.888. The van der Waals surface area contributed by atoms with Crippen LogP contribution in [0.5, 0.6) is 0 Å². The fourth-order valence-corrected chi connectivity index (χ4v) is 2.09. The molecule has 0 amide bonds. The number of anilines is 2. The maximum Gasteiger partial charge on any atom is 0.130 e. The molecule has 0 spiro atoms. The van der Waals surface area contributed by atoms with Gasteiger partial charge in [-0.25, -0.2) is 4.98 Å². The molecular weight excluding hydrogens is 288 g/mol. The topological polar surface area (TPSA) is 24.9 Å². The smallest absolute Gasteiger partial charge is 0.130 e. The highest BCUT2D eigenvalue weighted by Crippen LogP contribution is 2.23. The van der Waals surface area contributed by atoms with E-state index in [9.17, 15) is 0 Å². The third-order valence-corrected chi connectivity index (χ3v) is 3.68. The van der Waals surface area contributed by atoms with E-state index < -0.39 is 0 Å². The van der Waals surface area contributed by atoms with Crippen LogP contribution < -0.4 is 5.32 Å². The molecule has 2 rings (SSSR count). The molecule has 1 N–H and O–H groups in total. The number of para-hydroxylation sites is 1. The Kier molecular flexibility index (Phi) is 4.37. The Balaban J connectivity index is 2.25. The molecule has 0 radical (unpaired) electrons. The van der Waals surface area contributed by atoms with Crippen LogP contribution in [0.3, 0.4) is 0 Å². The van der Waals surface area contributed by atoms with Crippen molar-refractivity contribution in [3.63, 3.8) is 0 Å². The first kappa shape index (κ1) is 13.1. The summed E-state index contributed by atoms with van der Waals surface area (Å²) in [6, 6.07) is 10.4. The van der Waals surface area contributed by atoms with Gasteiger partial charge in [-0.1, -0.05) is 31.5 Å². The highest BCUT2D eigenvalue weighted by atomic mass is 79.9. The number of aryl methyl sites for hydroxylation is 2. The Morgan fingerprint density at radius 3 is 2.78 bits per heavy atom. The number of rotatable bonds is 4. The molecule has 1 aromatic heterocycles. The molecule has 94 valence electrons. The molecule has 0 saturated carbocycles. The molecule has 18 heavy (non-hydrogen) atoms. The summed E-state index contributed by atoms with van der Waals surface area (Å²) in [5.74, 6) is 0.888. The molecule has 2 aromatic rings. The Hall–Kier alpha value is -1.35. The molecule has 0 unspecified atom stereocenters. The first-order valence-corrected chi connectivity index (χ1v) is 6.97. The Labute approximate surface area is 117 Å². The van der Waals surface area contributed by atoms with Crippen molar-refractivity contribution in [2.24, 2.45) is 0 Å². The van der Waals surface area contributed by atoms with Crippen LogP contribution in [0.25, 0.3) is 0 Å². The van der Waals surface area contributed by atoms with E-state index in [1.165, 1.54) is 11.1 Å². The third-order valence-electron chi connectivity index (χ3n) is 2.85. The SMILES string of the molecule is CCCc1ccccc1Nc1cc(C)c(Br)cn1. The fourth-order valence-electron chi connectivity index (χ4n) is 1.88.